The van der Waals surface area contributed by atoms with Crippen LogP contribution in [0.5, 0.6) is 0 Å². The molecule has 4 atom stereocenters. The average Bonchev–Trinajstić information content (AvgIpc) is 3.47. The number of nitrogens with zero attached hydrogens (tertiary/aromatic N) is 7. The normalized spacial score (nSPS) is 33.7. The van der Waals surface area contributed by atoms with E-state index in [4.69, 9.17) is 10.1 Å². The molecule has 0 spiro atoms. The highest BCUT2D eigenvalue weighted by molar-refractivity contribution is 5.72. The topological polar surface area (TPSA) is 73.4 Å². The van der Waals surface area contributed by atoms with Crippen molar-refractivity contribution >= 4 is 11.9 Å². The number of aliphatic imine (C=N–C) groups is 1. The van der Waals surface area contributed by atoms with Crippen molar-refractivity contribution in [3.05, 3.63) is 48.0 Å². The van der Waals surface area contributed by atoms with Gasteiger partial charge >= 0.3 is 0 Å². The van der Waals surface area contributed by atoms with Gasteiger partial charge in [0.15, 0.2) is 6.17 Å². The number of likely N-dealkylation sites (N-methyl/N-ethyl adjacent to an activating group) is 1. The number of rotatable bonds is 4. The Labute approximate surface area is 195 Å². The van der Waals surface area contributed by atoms with Crippen LogP contribution in [-0.4, -0.2) is 64.8 Å². The zero-order valence-corrected chi connectivity index (χ0v) is 19.6. The maximum atomic E-state index is 4.74. The molecule has 1 aliphatic carbocycles. The quantitative estimate of drug-likeness (QED) is 0.764. The number of hydrogen-bond donors (Lipinski definition) is 1. The van der Waals surface area contributed by atoms with E-state index in [1.807, 2.05) is 12.4 Å². The van der Waals surface area contributed by atoms with E-state index in [0.717, 1.165) is 56.6 Å². The van der Waals surface area contributed by atoms with Crippen LogP contribution in [-0.2, 0) is 0 Å². The third kappa shape index (κ3) is 3.74. The fraction of sp³-hybridized carbons (Fsp3) is 0.600. The Morgan fingerprint density at radius 3 is 2.91 bits per heavy atom. The largest absolute Gasteiger partial charge is 0.347 e. The van der Waals surface area contributed by atoms with E-state index in [1.165, 1.54) is 12.1 Å². The van der Waals surface area contributed by atoms with Crippen LogP contribution in [0.1, 0.15) is 50.6 Å². The van der Waals surface area contributed by atoms with E-state index in [-0.39, 0.29) is 11.6 Å². The minimum atomic E-state index is 0.0534. The summed E-state index contributed by atoms with van der Waals surface area (Å²) in [5, 5.41) is 19.5. The van der Waals surface area contributed by atoms with Gasteiger partial charge in [-0.2, -0.15) is 5.10 Å². The molecule has 8 heteroatoms. The minimum absolute atomic E-state index is 0.0534. The lowest BCUT2D eigenvalue weighted by Crippen LogP contribution is -2.46. The Bertz CT molecular complexity index is 1040. The Morgan fingerprint density at radius 1 is 1.15 bits per heavy atom. The first-order chi connectivity index (χ1) is 16.1. The van der Waals surface area contributed by atoms with E-state index in [1.54, 1.807) is 0 Å². The summed E-state index contributed by atoms with van der Waals surface area (Å²) in [5.41, 5.74) is 3.53. The lowest BCUT2D eigenvalue weighted by Gasteiger charge is -2.44. The molecule has 4 aliphatic heterocycles. The molecule has 5 heterocycles. The van der Waals surface area contributed by atoms with E-state index in [2.05, 4.69) is 74.7 Å². The van der Waals surface area contributed by atoms with Crippen molar-refractivity contribution < 1.29 is 0 Å². The van der Waals surface area contributed by atoms with Crippen LogP contribution < -0.4 is 5.32 Å². The molecule has 3 unspecified atom stereocenters. The number of nitrogens with one attached hydrogen (secondary N) is 1. The molecular weight excluding hydrogens is 412 g/mol. The zero-order chi connectivity index (χ0) is 22.4. The van der Waals surface area contributed by atoms with Crippen molar-refractivity contribution in [2.45, 2.75) is 57.3 Å². The van der Waals surface area contributed by atoms with Crippen molar-refractivity contribution in [3.63, 3.8) is 0 Å². The molecule has 0 amide bonds. The molecule has 1 aromatic heterocycles. The molecule has 0 radical (unpaired) electrons. The molecular formula is C25H34N8. The molecule has 33 heavy (non-hydrogen) atoms. The molecule has 6 rings (SSSR count). The molecule has 1 saturated carbocycles. The van der Waals surface area contributed by atoms with Gasteiger partial charge in [-0.3, -0.25) is 9.67 Å². The molecule has 174 valence electrons. The lowest BCUT2D eigenvalue weighted by molar-refractivity contribution is 0.0877. The standard InChI is InChI=1S/C25H34N8/c1-25-10-3-11-27-23(25)7-4-18(14-25)16-33-24-21(29-30-33)5-6-22(31(24)2)19-15-28-32(17-19)20-8-12-26-13-9-20/h3,5-6,10-11,15,17-18,20,23-24,26H,4,7-9,12-14,16H2,1-2H3/t18?,23?,24?,25-/m1/s1. The molecule has 1 N–H and O–H groups in total. The van der Waals surface area contributed by atoms with E-state index in [0.29, 0.717) is 18.0 Å². The Morgan fingerprint density at radius 2 is 2.03 bits per heavy atom. The second-order valence-corrected chi connectivity index (χ2v) is 10.5. The summed E-state index contributed by atoms with van der Waals surface area (Å²) in [7, 11) is 2.16. The van der Waals surface area contributed by atoms with Crippen molar-refractivity contribution in [2.24, 2.45) is 26.7 Å². The molecule has 5 aliphatic rings. The lowest BCUT2D eigenvalue weighted by atomic mass is 9.67. The molecule has 0 bridgehead atoms. The zero-order valence-electron chi connectivity index (χ0n) is 19.6. The van der Waals surface area contributed by atoms with Crippen LogP contribution in [0.2, 0.25) is 0 Å². The summed E-state index contributed by atoms with van der Waals surface area (Å²) in [6, 6.07) is 0.918. The van der Waals surface area contributed by atoms with E-state index in [9.17, 15) is 0 Å². The number of hydrogen-bond acceptors (Lipinski definition) is 7. The average molecular weight is 447 g/mol. The summed E-state index contributed by atoms with van der Waals surface area (Å²) in [6.07, 6.45) is 20.8. The fourth-order valence-corrected chi connectivity index (χ4v) is 6.32. The highest BCUT2D eigenvalue weighted by Gasteiger charge is 2.42. The van der Waals surface area contributed by atoms with Crippen LogP contribution >= 0.6 is 0 Å². The van der Waals surface area contributed by atoms with Gasteiger partial charge in [-0.05, 0) is 69.3 Å². The molecule has 2 fully saturated rings. The molecule has 8 nitrogen and oxygen atoms in total. The maximum Gasteiger partial charge on any atom is 0.164 e. The number of piperidine rings is 1. The van der Waals surface area contributed by atoms with Crippen LogP contribution in [0.4, 0.5) is 0 Å². The van der Waals surface area contributed by atoms with Gasteiger partial charge in [0.2, 0.25) is 0 Å². The summed E-state index contributed by atoms with van der Waals surface area (Å²) < 4.78 is 2.16. The Kier molecular flexibility index (Phi) is 5.20. The van der Waals surface area contributed by atoms with E-state index < -0.39 is 0 Å². The minimum Gasteiger partial charge on any atom is -0.347 e. The van der Waals surface area contributed by atoms with Crippen LogP contribution in [0, 0.1) is 11.3 Å². The first kappa shape index (κ1) is 20.8. The second-order valence-electron chi connectivity index (χ2n) is 10.5. The predicted molar refractivity (Wildman–Crippen MR) is 129 cm³/mol. The number of dihydropyridines is 1. The fourth-order valence-electron chi connectivity index (χ4n) is 6.32. The van der Waals surface area contributed by atoms with E-state index >= 15 is 0 Å². The van der Waals surface area contributed by atoms with Crippen molar-refractivity contribution in [1.29, 1.82) is 0 Å². The predicted octanol–water partition coefficient (Wildman–Crippen LogP) is 3.80. The van der Waals surface area contributed by atoms with Gasteiger partial charge in [-0.15, -0.1) is 5.11 Å². The Balaban J connectivity index is 1.16. The SMILES string of the molecule is CN1C(c2cnn(C3CCNCC3)c2)=CC=C2N=NN(CC3CCC4N=CC=C[C@]4(C)C3)C21. The van der Waals surface area contributed by atoms with Gasteiger partial charge in [0.1, 0.15) is 5.70 Å². The molecule has 0 aromatic carbocycles. The summed E-state index contributed by atoms with van der Waals surface area (Å²) >= 11 is 0. The third-order valence-electron chi connectivity index (χ3n) is 8.17. The summed E-state index contributed by atoms with van der Waals surface area (Å²) in [4.78, 5) is 7.06. The van der Waals surface area contributed by atoms with Gasteiger partial charge in [-0.1, -0.05) is 18.2 Å². The number of fused-ring (bicyclic) bond motifs is 2. The van der Waals surface area contributed by atoms with Gasteiger partial charge in [-0.25, -0.2) is 5.01 Å². The van der Waals surface area contributed by atoms with Crippen LogP contribution in [0.25, 0.3) is 5.70 Å². The van der Waals surface area contributed by atoms with Gasteiger partial charge in [0, 0.05) is 42.7 Å². The molecule has 1 saturated heterocycles. The van der Waals surface area contributed by atoms with Gasteiger partial charge in [0.05, 0.1) is 18.3 Å². The monoisotopic (exact) mass is 446 g/mol. The first-order valence-electron chi connectivity index (χ1n) is 12.4. The Hall–Kier alpha value is -2.74. The van der Waals surface area contributed by atoms with Crippen LogP contribution in [0.3, 0.4) is 0 Å². The number of allylic oxidation sites excluding steroid dienone is 3. The first-order valence-corrected chi connectivity index (χ1v) is 12.4. The molecule has 1 aromatic rings. The summed E-state index contributed by atoms with van der Waals surface area (Å²) in [5.74, 6) is 0.591. The number of aromatic nitrogens is 2. The third-order valence-corrected chi connectivity index (χ3v) is 8.17. The van der Waals surface area contributed by atoms with Gasteiger partial charge < -0.3 is 10.2 Å². The van der Waals surface area contributed by atoms with Crippen molar-refractivity contribution in [1.82, 2.24) is 25.0 Å². The maximum absolute atomic E-state index is 4.74. The van der Waals surface area contributed by atoms with Gasteiger partial charge in [0.25, 0.3) is 0 Å². The summed E-state index contributed by atoms with van der Waals surface area (Å²) in [6.45, 7) is 5.42. The van der Waals surface area contributed by atoms with Crippen molar-refractivity contribution in [2.75, 3.05) is 26.7 Å². The highest BCUT2D eigenvalue weighted by atomic mass is 15.6. The highest BCUT2D eigenvalue weighted by Crippen LogP contribution is 2.44. The van der Waals surface area contributed by atoms with Crippen LogP contribution in [0.15, 0.2) is 57.7 Å². The second kappa shape index (κ2) is 8.24. The smallest absolute Gasteiger partial charge is 0.164 e. The van der Waals surface area contributed by atoms with Crippen molar-refractivity contribution in [3.8, 4) is 0 Å².